The second-order valence-corrected chi connectivity index (χ2v) is 5.24. The molecule has 1 aromatic heterocycles. The van der Waals surface area contributed by atoms with E-state index in [2.05, 4.69) is 20.3 Å². The second kappa shape index (κ2) is 6.50. The molecule has 0 saturated heterocycles. The minimum absolute atomic E-state index is 0.0832. The zero-order chi connectivity index (χ0) is 13.0. The molecule has 1 aromatic rings. The summed E-state index contributed by atoms with van der Waals surface area (Å²) >= 11 is 11.4. The molecular formula is C11H16Cl2N4O. The van der Waals surface area contributed by atoms with E-state index in [4.69, 9.17) is 23.2 Å². The van der Waals surface area contributed by atoms with Gasteiger partial charge in [0.05, 0.1) is 0 Å². The van der Waals surface area contributed by atoms with Gasteiger partial charge in [-0.3, -0.25) is 0 Å². The van der Waals surface area contributed by atoms with Crippen LogP contribution in [0.1, 0.15) is 25.7 Å². The molecule has 1 aliphatic carbocycles. The summed E-state index contributed by atoms with van der Waals surface area (Å²) in [6.07, 6.45) is 4.61. The second-order valence-electron chi connectivity index (χ2n) is 4.57. The Hall–Kier alpha value is -0.650. The van der Waals surface area contributed by atoms with E-state index in [1.165, 1.54) is 12.8 Å². The van der Waals surface area contributed by atoms with Crippen LogP contribution < -0.4 is 5.32 Å². The van der Waals surface area contributed by atoms with Crippen molar-refractivity contribution in [3.63, 3.8) is 0 Å². The lowest BCUT2D eigenvalue weighted by Gasteiger charge is -2.30. The maximum Gasteiger partial charge on any atom is 0.228 e. The lowest BCUT2D eigenvalue weighted by atomic mass is 9.80. The summed E-state index contributed by atoms with van der Waals surface area (Å²) < 4.78 is 0. The predicted octanol–water partition coefficient (Wildman–Crippen LogP) is 2.39. The SMILES string of the molecule is OCC1CCCCC1CNc1nc(Cl)nc(Cl)n1. The number of aliphatic hydroxyl groups is 1. The van der Waals surface area contributed by atoms with Gasteiger partial charge in [0.15, 0.2) is 0 Å². The molecule has 2 unspecified atom stereocenters. The van der Waals surface area contributed by atoms with Crippen LogP contribution in [0.5, 0.6) is 0 Å². The average molecular weight is 291 g/mol. The maximum absolute atomic E-state index is 9.34. The zero-order valence-electron chi connectivity index (χ0n) is 9.94. The first kappa shape index (κ1) is 13.8. The van der Waals surface area contributed by atoms with Gasteiger partial charge in [-0.2, -0.15) is 15.0 Å². The number of aromatic nitrogens is 3. The number of aliphatic hydroxyl groups excluding tert-OH is 1. The monoisotopic (exact) mass is 290 g/mol. The summed E-state index contributed by atoms with van der Waals surface area (Å²) in [5, 5.41) is 12.6. The summed E-state index contributed by atoms with van der Waals surface area (Å²) in [7, 11) is 0. The maximum atomic E-state index is 9.34. The number of anilines is 1. The van der Waals surface area contributed by atoms with E-state index in [0.29, 0.717) is 17.8 Å². The molecule has 0 spiro atoms. The summed E-state index contributed by atoms with van der Waals surface area (Å²) in [6, 6.07) is 0. The Morgan fingerprint density at radius 3 is 2.28 bits per heavy atom. The molecule has 0 aromatic carbocycles. The number of nitrogens with zero attached hydrogens (tertiary/aromatic N) is 3. The Labute approximate surface area is 116 Å². The molecule has 1 saturated carbocycles. The first-order valence-electron chi connectivity index (χ1n) is 6.11. The number of hydrogen-bond acceptors (Lipinski definition) is 5. The van der Waals surface area contributed by atoms with E-state index in [9.17, 15) is 5.11 Å². The standard InChI is InChI=1S/C11H16Cl2N4O/c12-9-15-10(13)17-11(16-9)14-5-7-3-1-2-4-8(7)6-18/h7-8,18H,1-6H2,(H,14,15,16,17). The lowest BCUT2D eigenvalue weighted by Crippen LogP contribution is -2.29. The normalized spacial score (nSPS) is 23.9. The third-order valence-corrected chi connectivity index (χ3v) is 3.74. The fourth-order valence-corrected chi connectivity index (χ4v) is 2.78. The van der Waals surface area contributed by atoms with E-state index in [1.54, 1.807) is 0 Å². The average Bonchev–Trinajstić information content (AvgIpc) is 2.35. The van der Waals surface area contributed by atoms with Gasteiger partial charge < -0.3 is 10.4 Å². The number of nitrogens with one attached hydrogen (secondary N) is 1. The fourth-order valence-electron chi connectivity index (χ4n) is 2.42. The zero-order valence-corrected chi connectivity index (χ0v) is 11.5. The van der Waals surface area contributed by atoms with Crippen LogP contribution in [0.25, 0.3) is 0 Å². The lowest BCUT2D eigenvalue weighted by molar-refractivity contribution is 0.141. The van der Waals surface area contributed by atoms with Crippen molar-refractivity contribution in [3.05, 3.63) is 10.6 Å². The molecule has 2 N–H and O–H groups in total. The van der Waals surface area contributed by atoms with Crippen molar-refractivity contribution in [2.75, 3.05) is 18.5 Å². The highest BCUT2D eigenvalue weighted by molar-refractivity contribution is 6.31. The first-order chi connectivity index (χ1) is 8.69. The molecule has 100 valence electrons. The van der Waals surface area contributed by atoms with E-state index < -0.39 is 0 Å². The summed E-state index contributed by atoms with van der Waals surface area (Å²) in [6.45, 7) is 0.965. The van der Waals surface area contributed by atoms with Crippen molar-refractivity contribution in [2.45, 2.75) is 25.7 Å². The van der Waals surface area contributed by atoms with Crippen LogP contribution in [0.4, 0.5) is 5.95 Å². The van der Waals surface area contributed by atoms with Crippen LogP contribution in [-0.4, -0.2) is 33.2 Å². The molecule has 2 rings (SSSR count). The highest BCUT2D eigenvalue weighted by atomic mass is 35.5. The highest BCUT2D eigenvalue weighted by Crippen LogP contribution is 2.29. The third kappa shape index (κ3) is 3.67. The Morgan fingerprint density at radius 1 is 1.06 bits per heavy atom. The van der Waals surface area contributed by atoms with Crippen LogP contribution in [0, 0.1) is 11.8 Å². The van der Waals surface area contributed by atoms with Crippen LogP contribution in [0.15, 0.2) is 0 Å². The van der Waals surface area contributed by atoms with E-state index in [1.807, 2.05) is 0 Å². The Balaban J connectivity index is 1.93. The molecule has 1 aliphatic rings. The van der Waals surface area contributed by atoms with Crippen molar-refractivity contribution < 1.29 is 5.11 Å². The smallest absolute Gasteiger partial charge is 0.228 e. The molecule has 18 heavy (non-hydrogen) atoms. The van der Waals surface area contributed by atoms with Gasteiger partial charge in [0.25, 0.3) is 0 Å². The summed E-state index contributed by atoms with van der Waals surface area (Å²) in [5.41, 5.74) is 0. The van der Waals surface area contributed by atoms with Crippen molar-refractivity contribution in [1.29, 1.82) is 0 Å². The largest absolute Gasteiger partial charge is 0.396 e. The van der Waals surface area contributed by atoms with Gasteiger partial charge in [0.1, 0.15) is 0 Å². The van der Waals surface area contributed by atoms with Crippen molar-refractivity contribution in [1.82, 2.24) is 15.0 Å². The minimum Gasteiger partial charge on any atom is -0.396 e. The molecule has 5 nitrogen and oxygen atoms in total. The summed E-state index contributed by atoms with van der Waals surface area (Å²) in [4.78, 5) is 11.6. The number of rotatable bonds is 4. The highest BCUT2D eigenvalue weighted by Gasteiger charge is 2.24. The fraction of sp³-hybridized carbons (Fsp3) is 0.727. The van der Waals surface area contributed by atoms with Gasteiger partial charge in [0.2, 0.25) is 16.5 Å². The third-order valence-electron chi connectivity index (χ3n) is 3.40. The van der Waals surface area contributed by atoms with Crippen LogP contribution >= 0.6 is 23.2 Å². The minimum atomic E-state index is 0.0832. The van der Waals surface area contributed by atoms with E-state index in [0.717, 1.165) is 19.4 Å². The van der Waals surface area contributed by atoms with Crippen LogP contribution in [0.3, 0.4) is 0 Å². The molecule has 0 aliphatic heterocycles. The van der Waals surface area contributed by atoms with Gasteiger partial charge in [-0.05, 0) is 47.9 Å². The quantitative estimate of drug-likeness (QED) is 0.891. The Kier molecular flexibility index (Phi) is 4.97. The van der Waals surface area contributed by atoms with Gasteiger partial charge in [0, 0.05) is 13.2 Å². The van der Waals surface area contributed by atoms with Crippen molar-refractivity contribution in [2.24, 2.45) is 11.8 Å². The van der Waals surface area contributed by atoms with Gasteiger partial charge in [-0.15, -0.1) is 0 Å². The van der Waals surface area contributed by atoms with Crippen LogP contribution in [-0.2, 0) is 0 Å². The molecule has 1 fully saturated rings. The number of hydrogen-bond donors (Lipinski definition) is 2. The first-order valence-corrected chi connectivity index (χ1v) is 6.86. The van der Waals surface area contributed by atoms with Gasteiger partial charge in [-0.1, -0.05) is 12.8 Å². The molecule has 2 atom stereocenters. The molecule has 7 heteroatoms. The molecular weight excluding hydrogens is 275 g/mol. The van der Waals surface area contributed by atoms with E-state index in [-0.39, 0.29) is 17.2 Å². The predicted molar refractivity (Wildman–Crippen MR) is 70.9 cm³/mol. The van der Waals surface area contributed by atoms with Gasteiger partial charge >= 0.3 is 0 Å². The molecule has 0 amide bonds. The van der Waals surface area contributed by atoms with Crippen LogP contribution in [0.2, 0.25) is 10.6 Å². The number of halogens is 2. The topological polar surface area (TPSA) is 70.9 Å². The molecule has 0 bridgehead atoms. The Bertz CT molecular complexity index is 384. The van der Waals surface area contributed by atoms with Gasteiger partial charge in [-0.25, -0.2) is 0 Å². The molecule has 1 heterocycles. The van der Waals surface area contributed by atoms with E-state index >= 15 is 0 Å². The molecule has 0 radical (unpaired) electrons. The Morgan fingerprint density at radius 2 is 1.67 bits per heavy atom. The van der Waals surface area contributed by atoms with Crippen molar-refractivity contribution in [3.8, 4) is 0 Å². The summed E-state index contributed by atoms with van der Waals surface area (Å²) in [5.74, 6) is 1.19. The van der Waals surface area contributed by atoms with Crippen molar-refractivity contribution >= 4 is 29.2 Å².